The highest BCUT2D eigenvalue weighted by molar-refractivity contribution is 6.03. The maximum Gasteiger partial charge on any atom is 0.258 e. The average molecular weight is 274 g/mol. The summed E-state index contributed by atoms with van der Waals surface area (Å²) >= 11 is 0. The largest absolute Gasteiger partial charge is 0.384 e. The first-order chi connectivity index (χ1) is 9.61. The summed E-state index contributed by atoms with van der Waals surface area (Å²) in [5.41, 5.74) is 0.259. The number of hydrogen-bond donors (Lipinski definition) is 2. The van der Waals surface area contributed by atoms with Gasteiger partial charge in [-0.15, -0.1) is 0 Å². The fourth-order valence-electron chi connectivity index (χ4n) is 1.48. The van der Waals surface area contributed by atoms with E-state index in [9.17, 15) is 9.18 Å². The molecule has 2 aromatic rings. The Kier molecular flexibility index (Phi) is 4.08. The van der Waals surface area contributed by atoms with E-state index in [1.165, 1.54) is 23.1 Å². The molecule has 1 amide bonds. The summed E-state index contributed by atoms with van der Waals surface area (Å²) in [4.78, 5) is 15.7. The minimum Gasteiger partial charge on any atom is -0.384 e. The molecule has 1 heterocycles. The van der Waals surface area contributed by atoms with E-state index in [0.29, 0.717) is 0 Å². The molecule has 0 unspecified atom stereocenters. The van der Waals surface area contributed by atoms with Gasteiger partial charge in [0.15, 0.2) is 0 Å². The number of amides is 1. The fraction of sp³-hybridized carbons (Fsp3) is 0.154. The molecule has 0 radical (unpaired) electrons. The molecule has 0 bridgehead atoms. The zero-order chi connectivity index (χ0) is 14.5. The highest BCUT2D eigenvalue weighted by Crippen LogP contribution is 2.11. The van der Waals surface area contributed by atoms with Crippen molar-refractivity contribution in [2.24, 2.45) is 7.05 Å². The number of nitrogens with one attached hydrogen (secondary N) is 1. The maximum atomic E-state index is 13.7. The summed E-state index contributed by atoms with van der Waals surface area (Å²) in [6.45, 7) is -0.353. The molecule has 1 aromatic heterocycles. The van der Waals surface area contributed by atoms with Crippen LogP contribution in [-0.2, 0) is 7.05 Å². The maximum absolute atomic E-state index is 13.7. The molecule has 0 spiro atoms. The van der Waals surface area contributed by atoms with Gasteiger partial charge in [-0.3, -0.25) is 10.1 Å². The van der Waals surface area contributed by atoms with E-state index in [1.807, 2.05) is 0 Å². The predicted molar refractivity (Wildman–Crippen MR) is 69.3 cm³/mol. The lowest BCUT2D eigenvalue weighted by Crippen LogP contribution is -2.15. The van der Waals surface area contributed by atoms with Crippen molar-refractivity contribution in [3.8, 4) is 11.8 Å². The standard InChI is InChI=1S/C13H11FN4O2/c1-18-13(15-8-16-18)17-12(20)10-5-4-9(3-2-6-19)11(14)7-10/h4-5,7-8,19H,6H2,1H3,(H,15,16,17,20). The van der Waals surface area contributed by atoms with Crippen LogP contribution in [0.1, 0.15) is 15.9 Å². The number of carbonyl (C=O) groups excluding carboxylic acids is 1. The number of benzene rings is 1. The number of aliphatic hydroxyl groups is 1. The number of halogens is 1. The fourth-order valence-corrected chi connectivity index (χ4v) is 1.48. The van der Waals surface area contributed by atoms with Gasteiger partial charge in [0.25, 0.3) is 5.91 Å². The summed E-state index contributed by atoms with van der Waals surface area (Å²) in [6, 6.07) is 3.90. The molecule has 0 saturated carbocycles. The molecule has 7 heteroatoms. The van der Waals surface area contributed by atoms with Crippen molar-refractivity contribution in [3.05, 3.63) is 41.5 Å². The van der Waals surface area contributed by atoms with Crippen LogP contribution in [0.25, 0.3) is 0 Å². The number of aromatic nitrogens is 3. The SMILES string of the molecule is Cn1ncnc1NC(=O)c1ccc(C#CCO)c(F)c1. The van der Waals surface area contributed by atoms with Gasteiger partial charge < -0.3 is 5.11 Å². The van der Waals surface area contributed by atoms with Gasteiger partial charge in [0.05, 0.1) is 5.56 Å². The quantitative estimate of drug-likeness (QED) is 0.784. The third-order valence-electron chi connectivity index (χ3n) is 2.47. The van der Waals surface area contributed by atoms with Crippen molar-refractivity contribution >= 4 is 11.9 Å². The minimum atomic E-state index is -0.628. The number of hydrogen-bond acceptors (Lipinski definition) is 4. The molecular formula is C13H11FN4O2. The van der Waals surface area contributed by atoms with Gasteiger partial charge >= 0.3 is 0 Å². The lowest BCUT2D eigenvalue weighted by atomic mass is 10.1. The molecule has 0 fully saturated rings. The Hall–Kier alpha value is -2.72. The van der Waals surface area contributed by atoms with Crippen molar-refractivity contribution in [1.82, 2.24) is 14.8 Å². The van der Waals surface area contributed by atoms with Crippen LogP contribution in [0.4, 0.5) is 10.3 Å². The first-order valence-corrected chi connectivity index (χ1v) is 5.66. The molecule has 0 atom stereocenters. The van der Waals surface area contributed by atoms with Crippen molar-refractivity contribution in [2.45, 2.75) is 0 Å². The smallest absolute Gasteiger partial charge is 0.258 e. The van der Waals surface area contributed by atoms with E-state index in [4.69, 9.17) is 5.11 Å². The number of rotatable bonds is 2. The zero-order valence-corrected chi connectivity index (χ0v) is 10.6. The highest BCUT2D eigenvalue weighted by atomic mass is 19.1. The topological polar surface area (TPSA) is 80.0 Å². The monoisotopic (exact) mass is 274 g/mol. The molecule has 0 aliphatic carbocycles. The van der Waals surface area contributed by atoms with Gasteiger partial charge in [0.1, 0.15) is 18.8 Å². The molecular weight excluding hydrogens is 263 g/mol. The lowest BCUT2D eigenvalue weighted by Gasteiger charge is -2.04. The van der Waals surface area contributed by atoms with E-state index in [-0.39, 0.29) is 23.7 Å². The van der Waals surface area contributed by atoms with Crippen LogP contribution >= 0.6 is 0 Å². The number of carbonyl (C=O) groups is 1. The van der Waals surface area contributed by atoms with Gasteiger partial charge in [-0.25, -0.2) is 9.07 Å². The van der Waals surface area contributed by atoms with Crippen LogP contribution in [-0.4, -0.2) is 32.4 Å². The van der Waals surface area contributed by atoms with Crippen LogP contribution in [0.15, 0.2) is 24.5 Å². The van der Waals surface area contributed by atoms with Crippen LogP contribution in [0, 0.1) is 17.7 Å². The van der Waals surface area contributed by atoms with E-state index in [0.717, 1.165) is 6.07 Å². The van der Waals surface area contributed by atoms with Crippen LogP contribution in [0.2, 0.25) is 0 Å². The Morgan fingerprint density at radius 2 is 2.35 bits per heavy atom. The second kappa shape index (κ2) is 5.95. The van der Waals surface area contributed by atoms with Crippen LogP contribution in [0.5, 0.6) is 0 Å². The Morgan fingerprint density at radius 3 is 2.95 bits per heavy atom. The number of nitrogens with zero attached hydrogens (tertiary/aromatic N) is 3. The first kappa shape index (κ1) is 13.7. The third kappa shape index (κ3) is 2.99. The van der Waals surface area contributed by atoms with Gasteiger partial charge in [-0.2, -0.15) is 10.1 Å². The molecule has 1 aromatic carbocycles. The van der Waals surface area contributed by atoms with Crippen LogP contribution in [0.3, 0.4) is 0 Å². The normalized spacial score (nSPS) is 9.75. The molecule has 2 N–H and O–H groups in total. The Labute approximate surface area is 114 Å². The van der Waals surface area contributed by atoms with Crippen molar-refractivity contribution in [3.63, 3.8) is 0 Å². The van der Waals surface area contributed by atoms with Gasteiger partial charge in [-0.05, 0) is 18.2 Å². The average Bonchev–Trinajstić information content (AvgIpc) is 2.83. The van der Waals surface area contributed by atoms with E-state index >= 15 is 0 Å². The highest BCUT2D eigenvalue weighted by Gasteiger charge is 2.11. The van der Waals surface area contributed by atoms with Gasteiger partial charge in [-0.1, -0.05) is 11.8 Å². The second-order valence-electron chi connectivity index (χ2n) is 3.82. The summed E-state index contributed by atoms with van der Waals surface area (Å²) in [6.07, 6.45) is 1.30. The summed E-state index contributed by atoms with van der Waals surface area (Å²) in [5, 5.41) is 14.9. The predicted octanol–water partition coefficient (Wildman–Crippen LogP) is 0.550. The first-order valence-electron chi connectivity index (χ1n) is 5.66. The third-order valence-corrected chi connectivity index (χ3v) is 2.47. The molecule has 102 valence electrons. The molecule has 20 heavy (non-hydrogen) atoms. The number of aryl methyl sites for hydroxylation is 1. The van der Waals surface area contributed by atoms with Crippen molar-refractivity contribution in [2.75, 3.05) is 11.9 Å². The Morgan fingerprint density at radius 1 is 1.55 bits per heavy atom. The molecule has 0 saturated heterocycles. The molecule has 2 rings (SSSR count). The summed E-state index contributed by atoms with van der Waals surface area (Å²) in [5.74, 6) is 3.93. The van der Waals surface area contributed by atoms with Crippen molar-refractivity contribution < 1.29 is 14.3 Å². The van der Waals surface area contributed by atoms with Crippen LogP contribution < -0.4 is 5.32 Å². The molecule has 0 aliphatic heterocycles. The lowest BCUT2D eigenvalue weighted by molar-refractivity contribution is 0.102. The zero-order valence-electron chi connectivity index (χ0n) is 10.6. The summed E-state index contributed by atoms with van der Waals surface area (Å²) in [7, 11) is 1.62. The summed E-state index contributed by atoms with van der Waals surface area (Å²) < 4.78 is 15.1. The van der Waals surface area contributed by atoms with Crippen molar-refractivity contribution in [1.29, 1.82) is 0 Å². The van der Waals surface area contributed by atoms with Gasteiger partial charge in [0.2, 0.25) is 5.95 Å². The van der Waals surface area contributed by atoms with E-state index < -0.39 is 11.7 Å². The Balaban J connectivity index is 2.19. The van der Waals surface area contributed by atoms with E-state index in [2.05, 4.69) is 27.2 Å². The van der Waals surface area contributed by atoms with Gasteiger partial charge in [0, 0.05) is 12.6 Å². The second-order valence-corrected chi connectivity index (χ2v) is 3.82. The molecule has 6 nitrogen and oxygen atoms in total. The molecule has 0 aliphatic rings. The van der Waals surface area contributed by atoms with E-state index in [1.54, 1.807) is 7.05 Å². The number of aliphatic hydroxyl groups excluding tert-OH is 1. The number of anilines is 1. The minimum absolute atomic E-state index is 0.120. The Bertz CT molecular complexity index is 700.